The van der Waals surface area contributed by atoms with E-state index >= 15 is 0 Å². The molecule has 2 aliphatic heterocycles. The fraction of sp³-hybridized carbons (Fsp3) is 0.536. The van der Waals surface area contributed by atoms with Gasteiger partial charge in [-0.3, -0.25) is 4.79 Å². The molecule has 0 saturated carbocycles. The van der Waals surface area contributed by atoms with Crippen molar-refractivity contribution in [3.63, 3.8) is 0 Å². The monoisotopic (exact) mass is 491 g/mol. The predicted molar refractivity (Wildman–Crippen MR) is 138 cm³/mol. The van der Waals surface area contributed by atoms with Crippen LogP contribution in [-0.4, -0.2) is 68.9 Å². The third-order valence-electron chi connectivity index (χ3n) is 7.87. The van der Waals surface area contributed by atoms with E-state index in [1.54, 1.807) is 0 Å². The van der Waals surface area contributed by atoms with Gasteiger partial charge in [-0.25, -0.2) is 9.50 Å². The lowest BCUT2D eigenvalue weighted by Crippen LogP contribution is -2.50. The lowest BCUT2D eigenvalue weighted by molar-refractivity contribution is -0.136. The van der Waals surface area contributed by atoms with Gasteiger partial charge in [-0.15, -0.1) is 0 Å². The highest BCUT2D eigenvalue weighted by molar-refractivity contribution is 5.83. The van der Waals surface area contributed by atoms with Crippen LogP contribution in [0.25, 0.3) is 5.65 Å². The molecule has 0 aliphatic carbocycles. The summed E-state index contributed by atoms with van der Waals surface area (Å²) in [6.07, 6.45) is 6.54. The first-order chi connectivity index (χ1) is 17.4. The minimum atomic E-state index is -0.566. The fourth-order valence-electron chi connectivity index (χ4n) is 5.60. The Morgan fingerprint density at radius 1 is 1.19 bits per heavy atom. The van der Waals surface area contributed by atoms with Crippen LogP contribution in [-0.2, 0) is 16.6 Å². The van der Waals surface area contributed by atoms with Crippen molar-refractivity contribution < 1.29 is 14.6 Å². The van der Waals surface area contributed by atoms with Crippen molar-refractivity contribution in [2.75, 3.05) is 26.2 Å². The van der Waals surface area contributed by atoms with Crippen molar-refractivity contribution in [1.29, 1.82) is 0 Å². The Labute approximate surface area is 212 Å². The van der Waals surface area contributed by atoms with Gasteiger partial charge in [0.05, 0.1) is 18.4 Å². The number of nitrogens with one attached hydrogen (secondary N) is 1. The number of aryl methyl sites for hydroxylation is 1. The Bertz CT molecular complexity index is 1200. The number of amides is 1. The largest absolute Gasteiger partial charge is 0.493 e. The predicted octanol–water partition coefficient (Wildman–Crippen LogP) is 2.96. The molecule has 0 bridgehead atoms. The molecule has 2 fully saturated rings. The van der Waals surface area contributed by atoms with E-state index in [0.717, 1.165) is 49.4 Å². The molecule has 4 heterocycles. The summed E-state index contributed by atoms with van der Waals surface area (Å²) in [7, 11) is 0. The summed E-state index contributed by atoms with van der Waals surface area (Å²) in [6, 6.07) is 9.85. The Morgan fingerprint density at radius 3 is 2.61 bits per heavy atom. The van der Waals surface area contributed by atoms with Crippen LogP contribution < -0.4 is 10.1 Å². The van der Waals surface area contributed by atoms with E-state index < -0.39 is 12.1 Å². The van der Waals surface area contributed by atoms with Crippen molar-refractivity contribution >= 4 is 11.6 Å². The summed E-state index contributed by atoms with van der Waals surface area (Å²) in [5.74, 6) is 1.31. The number of nitrogens with zero attached hydrogens (tertiary/aromatic N) is 4. The summed E-state index contributed by atoms with van der Waals surface area (Å²) in [5, 5.41) is 17.9. The number of piperidine rings is 1. The number of aliphatic hydroxyl groups is 1. The highest BCUT2D eigenvalue weighted by Gasteiger charge is 2.35. The molecule has 0 spiro atoms. The minimum Gasteiger partial charge on any atom is -0.493 e. The quantitative estimate of drug-likeness (QED) is 0.528. The van der Waals surface area contributed by atoms with E-state index in [4.69, 9.17) is 9.84 Å². The number of likely N-dealkylation sites (tertiary alicyclic amines) is 1. The zero-order valence-electron chi connectivity index (χ0n) is 21.5. The number of carbonyl (C=O) groups excluding carboxylic acids is 1. The first kappa shape index (κ1) is 24.7. The van der Waals surface area contributed by atoms with Gasteiger partial charge in [-0.1, -0.05) is 32.9 Å². The SMILES string of the molecule is CCc1nn2cccnc2c1C(C)(C)c1ccc(OCC2CCN(C(=O)[C@H]3NCC[C@H]3O)CC2)cc1. The van der Waals surface area contributed by atoms with Crippen LogP contribution in [0.4, 0.5) is 0 Å². The molecule has 1 amide bonds. The van der Waals surface area contributed by atoms with Crippen LogP contribution in [0.15, 0.2) is 42.7 Å². The molecule has 2 aliphatic rings. The molecule has 192 valence electrons. The Hall–Kier alpha value is -2.97. The van der Waals surface area contributed by atoms with Crippen molar-refractivity contribution in [3.8, 4) is 5.75 Å². The van der Waals surface area contributed by atoms with E-state index in [1.165, 1.54) is 11.1 Å². The molecule has 1 aromatic carbocycles. The zero-order valence-corrected chi connectivity index (χ0v) is 21.5. The zero-order chi connectivity index (χ0) is 25.3. The van der Waals surface area contributed by atoms with Crippen LogP contribution in [0.3, 0.4) is 0 Å². The number of aromatic nitrogens is 3. The summed E-state index contributed by atoms with van der Waals surface area (Å²) >= 11 is 0. The molecule has 0 radical (unpaired) electrons. The highest BCUT2D eigenvalue weighted by Crippen LogP contribution is 2.36. The second-order valence-electron chi connectivity index (χ2n) is 10.6. The second-order valence-corrected chi connectivity index (χ2v) is 10.6. The van der Waals surface area contributed by atoms with Crippen LogP contribution in [0, 0.1) is 5.92 Å². The third-order valence-corrected chi connectivity index (χ3v) is 7.87. The number of aliphatic hydroxyl groups excluding tert-OH is 1. The van der Waals surface area contributed by atoms with Gasteiger partial charge in [0, 0.05) is 36.5 Å². The van der Waals surface area contributed by atoms with Gasteiger partial charge in [-0.05, 0) is 61.9 Å². The van der Waals surface area contributed by atoms with E-state index in [2.05, 4.69) is 43.2 Å². The van der Waals surface area contributed by atoms with E-state index in [1.807, 2.05) is 40.0 Å². The van der Waals surface area contributed by atoms with Gasteiger partial charge in [0.25, 0.3) is 0 Å². The topological polar surface area (TPSA) is 92.0 Å². The number of benzene rings is 1. The van der Waals surface area contributed by atoms with Gasteiger partial charge in [0.2, 0.25) is 5.91 Å². The van der Waals surface area contributed by atoms with Gasteiger partial charge in [0.1, 0.15) is 11.8 Å². The second kappa shape index (κ2) is 10.2. The van der Waals surface area contributed by atoms with Crippen molar-refractivity contribution in [1.82, 2.24) is 24.8 Å². The average molecular weight is 492 g/mol. The minimum absolute atomic E-state index is 0.0326. The highest BCUT2D eigenvalue weighted by atomic mass is 16.5. The van der Waals surface area contributed by atoms with E-state index in [9.17, 15) is 9.90 Å². The molecule has 5 rings (SSSR count). The van der Waals surface area contributed by atoms with E-state index in [0.29, 0.717) is 25.5 Å². The number of hydrogen-bond donors (Lipinski definition) is 2. The third kappa shape index (κ3) is 4.72. The maximum absolute atomic E-state index is 12.7. The number of hydrogen-bond acceptors (Lipinski definition) is 6. The Balaban J connectivity index is 1.19. The lowest BCUT2D eigenvalue weighted by Gasteiger charge is -2.34. The van der Waals surface area contributed by atoms with Gasteiger partial charge < -0.3 is 20.1 Å². The molecule has 2 saturated heterocycles. The molecule has 3 aromatic rings. The molecule has 2 aromatic heterocycles. The molecular formula is C28H37N5O3. The molecular weight excluding hydrogens is 454 g/mol. The number of fused-ring (bicyclic) bond motifs is 1. The number of ether oxygens (including phenoxy) is 1. The van der Waals surface area contributed by atoms with Crippen molar-refractivity contribution in [3.05, 3.63) is 59.5 Å². The molecule has 2 N–H and O–H groups in total. The molecule has 0 unspecified atom stereocenters. The summed E-state index contributed by atoms with van der Waals surface area (Å²) < 4.78 is 8.02. The van der Waals surface area contributed by atoms with Gasteiger partial charge >= 0.3 is 0 Å². The maximum Gasteiger partial charge on any atom is 0.242 e. The lowest BCUT2D eigenvalue weighted by atomic mass is 9.77. The number of carbonyl (C=O) groups is 1. The standard InChI is InChI=1S/C28H37N5O3/c1-4-22-24(26-30-13-5-15-33(26)31-22)28(2,3)20-6-8-21(9-7-20)36-18-19-11-16-32(17-12-19)27(35)25-23(34)10-14-29-25/h5-9,13,15,19,23,25,29,34H,4,10-12,14,16-18H2,1-3H3/t23-,25+/m1/s1. The van der Waals surface area contributed by atoms with E-state index in [-0.39, 0.29) is 11.3 Å². The van der Waals surface area contributed by atoms with Crippen LogP contribution in [0.5, 0.6) is 5.75 Å². The first-order valence-electron chi connectivity index (χ1n) is 13.1. The van der Waals surface area contributed by atoms with Crippen LogP contribution in [0.1, 0.15) is 56.9 Å². The number of rotatable bonds is 7. The van der Waals surface area contributed by atoms with Gasteiger partial charge in [0.15, 0.2) is 5.65 Å². The van der Waals surface area contributed by atoms with Crippen molar-refractivity contribution in [2.24, 2.45) is 5.92 Å². The summed E-state index contributed by atoms with van der Waals surface area (Å²) in [5.41, 5.74) is 4.09. The van der Waals surface area contributed by atoms with Crippen LogP contribution >= 0.6 is 0 Å². The van der Waals surface area contributed by atoms with Crippen LogP contribution in [0.2, 0.25) is 0 Å². The molecule has 36 heavy (non-hydrogen) atoms. The average Bonchev–Trinajstić information content (AvgIpc) is 3.51. The summed E-state index contributed by atoms with van der Waals surface area (Å²) in [4.78, 5) is 19.2. The summed E-state index contributed by atoms with van der Waals surface area (Å²) in [6.45, 7) is 9.37. The Morgan fingerprint density at radius 2 is 1.94 bits per heavy atom. The first-order valence-corrected chi connectivity index (χ1v) is 13.1. The van der Waals surface area contributed by atoms with Gasteiger partial charge in [-0.2, -0.15) is 5.10 Å². The normalized spacial score (nSPS) is 21.3. The molecule has 2 atom stereocenters. The fourth-order valence-corrected chi connectivity index (χ4v) is 5.60. The molecule has 8 nitrogen and oxygen atoms in total. The molecule has 8 heteroatoms. The Kier molecular flexibility index (Phi) is 6.99. The van der Waals surface area contributed by atoms with Crippen molar-refractivity contribution in [2.45, 2.75) is 64.0 Å². The smallest absolute Gasteiger partial charge is 0.242 e. The maximum atomic E-state index is 12.7.